The van der Waals surface area contributed by atoms with Crippen molar-refractivity contribution in [3.05, 3.63) is 16.3 Å². The molecule has 2 saturated heterocycles. The molecule has 1 aromatic rings. The number of carbonyl (C=O) groups is 1. The van der Waals surface area contributed by atoms with Gasteiger partial charge in [0, 0.05) is 19.6 Å². The molecule has 0 N–H and O–H groups in total. The molecule has 2 fully saturated rings. The smallest absolute Gasteiger partial charge is 0.265 e. The molecule has 1 amide bonds. The van der Waals surface area contributed by atoms with Gasteiger partial charge in [0.05, 0.1) is 19.3 Å². The molecule has 0 aliphatic carbocycles. The lowest BCUT2D eigenvalue weighted by molar-refractivity contribution is 0.00367. The van der Waals surface area contributed by atoms with Gasteiger partial charge in [-0.1, -0.05) is 0 Å². The SMILES string of the molecule is C[C@@H]1COCCN1C(=O)c1sccc1S(=O)(=O)N1CCCC1. The second-order valence-corrected chi connectivity index (χ2v) is 8.47. The first-order chi connectivity index (χ1) is 10.5. The van der Waals surface area contributed by atoms with Gasteiger partial charge in [0.2, 0.25) is 10.0 Å². The van der Waals surface area contributed by atoms with Crippen molar-refractivity contribution < 1.29 is 17.9 Å². The van der Waals surface area contributed by atoms with E-state index in [9.17, 15) is 13.2 Å². The molecular formula is C14H20N2O4S2. The topological polar surface area (TPSA) is 66.9 Å². The molecule has 3 heterocycles. The van der Waals surface area contributed by atoms with Crippen molar-refractivity contribution in [1.29, 1.82) is 0 Å². The number of rotatable bonds is 3. The third kappa shape index (κ3) is 2.80. The molecule has 6 nitrogen and oxygen atoms in total. The maximum absolute atomic E-state index is 12.8. The lowest BCUT2D eigenvalue weighted by Gasteiger charge is -2.33. The number of ether oxygens (including phenoxy) is 1. The molecule has 0 radical (unpaired) electrons. The summed E-state index contributed by atoms with van der Waals surface area (Å²) in [5.74, 6) is -0.205. The molecule has 2 aliphatic rings. The second-order valence-electron chi connectivity index (χ2n) is 5.65. The maximum Gasteiger partial charge on any atom is 0.265 e. The van der Waals surface area contributed by atoms with Crippen LogP contribution in [0.4, 0.5) is 0 Å². The van der Waals surface area contributed by atoms with Crippen LogP contribution in [0, 0.1) is 0 Å². The minimum atomic E-state index is -3.56. The molecule has 8 heteroatoms. The van der Waals surface area contributed by atoms with Gasteiger partial charge in [0.15, 0.2) is 0 Å². The average Bonchev–Trinajstić information content (AvgIpc) is 3.19. The molecule has 0 spiro atoms. The number of thiophene rings is 1. The van der Waals surface area contributed by atoms with E-state index in [1.54, 1.807) is 16.3 Å². The van der Waals surface area contributed by atoms with Crippen LogP contribution in [0.25, 0.3) is 0 Å². The Labute approximate surface area is 134 Å². The zero-order chi connectivity index (χ0) is 15.7. The monoisotopic (exact) mass is 344 g/mol. The number of hydrogen-bond acceptors (Lipinski definition) is 5. The predicted molar refractivity (Wildman–Crippen MR) is 83.6 cm³/mol. The first-order valence-electron chi connectivity index (χ1n) is 7.48. The first kappa shape index (κ1) is 15.9. The van der Waals surface area contributed by atoms with Crippen LogP contribution in [0.1, 0.15) is 29.4 Å². The van der Waals surface area contributed by atoms with Crippen LogP contribution < -0.4 is 0 Å². The average molecular weight is 344 g/mol. The minimum absolute atomic E-state index is 0.0364. The highest BCUT2D eigenvalue weighted by Gasteiger charge is 2.34. The largest absolute Gasteiger partial charge is 0.377 e. The second kappa shape index (κ2) is 6.27. The van der Waals surface area contributed by atoms with Gasteiger partial charge >= 0.3 is 0 Å². The van der Waals surface area contributed by atoms with Crippen LogP contribution in [0.2, 0.25) is 0 Å². The highest BCUT2D eigenvalue weighted by Crippen LogP contribution is 2.29. The Morgan fingerprint density at radius 1 is 1.32 bits per heavy atom. The molecule has 122 valence electrons. The fourth-order valence-electron chi connectivity index (χ4n) is 2.88. The molecule has 2 aliphatic heterocycles. The Morgan fingerprint density at radius 2 is 2.05 bits per heavy atom. The van der Waals surface area contributed by atoms with Gasteiger partial charge in [0.25, 0.3) is 5.91 Å². The van der Waals surface area contributed by atoms with Crippen molar-refractivity contribution in [3.8, 4) is 0 Å². The van der Waals surface area contributed by atoms with Gasteiger partial charge < -0.3 is 9.64 Å². The van der Waals surface area contributed by atoms with Crippen molar-refractivity contribution in [1.82, 2.24) is 9.21 Å². The molecule has 0 saturated carbocycles. The fraction of sp³-hybridized carbons (Fsp3) is 0.643. The third-order valence-corrected chi connectivity index (χ3v) is 7.11. The van der Waals surface area contributed by atoms with Crippen molar-refractivity contribution in [2.75, 3.05) is 32.8 Å². The summed E-state index contributed by atoms with van der Waals surface area (Å²) in [6.07, 6.45) is 1.76. The van der Waals surface area contributed by atoms with Crippen LogP contribution in [0.15, 0.2) is 16.3 Å². The normalized spacial score (nSPS) is 23.9. The third-order valence-electron chi connectivity index (χ3n) is 4.13. The number of amides is 1. The van der Waals surface area contributed by atoms with Crippen molar-refractivity contribution >= 4 is 27.3 Å². The molecular weight excluding hydrogens is 324 g/mol. The van der Waals surface area contributed by atoms with Crippen LogP contribution in [0.5, 0.6) is 0 Å². The summed E-state index contributed by atoms with van der Waals surface area (Å²) in [7, 11) is -3.56. The van der Waals surface area contributed by atoms with E-state index in [-0.39, 0.29) is 16.8 Å². The number of sulfonamides is 1. The van der Waals surface area contributed by atoms with E-state index in [0.29, 0.717) is 37.7 Å². The quantitative estimate of drug-likeness (QED) is 0.831. The number of morpholine rings is 1. The summed E-state index contributed by atoms with van der Waals surface area (Å²) in [5.41, 5.74) is 0. The van der Waals surface area contributed by atoms with Gasteiger partial charge in [-0.05, 0) is 31.2 Å². The zero-order valence-corrected chi connectivity index (χ0v) is 14.2. The predicted octanol–water partition coefficient (Wildman–Crippen LogP) is 1.39. The van der Waals surface area contributed by atoms with Crippen molar-refractivity contribution in [2.45, 2.75) is 30.7 Å². The Balaban J connectivity index is 1.90. The van der Waals surface area contributed by atoms with Crippen LogP contribution >= 0.6 is 11.3 Å². The molecule has 0 bridgehead atoms. The lowest BCUT2D eigenvalue weighted by Crippen LogP contribution is -2.47. The van der Waals surface area contributed by atoms with Gasteiger partial charge in [-0.15, -0.1) is 11.3 Å². The number of carbonyl (C=O) groups excluding carboxylic acids is 1. The van der Waals surface area contributed by atoms with E-state index in [0.717, 1.165) is 12.8 Å². The Kier molecular flexibility index (Phi) is 4.54. The summed E-state index contributed by atoms with van der Waals surface area (Å²) in [4.78, 5) is 14.9. The van der Waals surface area contributed by atoms with Gasteiger partial charge in [0.1, 0.15) is 9.77 Å². The molecule has 22 heavy (non-hydrogen) atoms. The lowest BCUT2D eigenvalue weighted by atomic mass is 10.2. The summed E-state index contributed by atoms with van der Waals surface area (Å²) in [5, 5.41) is 1.68. The minimum Gasteiger partial charge on any atom is -0.377 e. The summed E-state index contributed by atoms with van der Waals surface area (Å²) >= 11 is 1.20. The van der Waals surface area contributed by atoms with Crippen molar-refractivity contribution in [3.63, 3.8) is 0 Å². The molecule has 0 unspecified atom stereocenters. The molecule has 1 aromatic heterocycles. The highest BCUT2D eigenvalue weighted by molar-refractivity contribution is 7.89. The van der Waals surface area contributed by atoms with Crippen LogP contribution in [0.3, 0.4) is 0 Å². The summed E-state index contributed by atoms with van der Waals surface area (Å²) < 4.78 is 32.3. The highest BCUT2D eigenvalue weighted by atomic mass is 32.2. The zero-order valence-electron chi connectivity index (χ0n) is 12.5. The van der Waals surface area contributed by atoms with Crippen molar-refractivity contribution in [2.24, 2.45) is 0 Å². The van der Waals surface area contributed by atoms with Crippen LogP contribution in [-0.4, -0.2) is 62.4 Å². The van der Waals surface area contributed by atoms with Gasteiger partial charge in [-0.25, -0.2) is 8.42 Å². The molecule has 0 aromatic carbocycles. The van der Waals surface area contributed by atoms with E-state index >= 15 is 0 Å². The Morgan fingerprint density at radius 3 is 2.73 bits per heavy atom. The Bertz CT molecular complexity index is 650. The van der Waals surface area contributed by atoms with Crippen LogP contribution in [-0.2, 0) is 14.8 Å². The standard InChI is InChI=1S/C14H20N2O4S2/c1-11-10-20-8-7-16(11)14(17)13-12(4-9-21-13)22(18,19)15-5-2-3-6-15/h4,9,11H,2-3,5-8,10H2,1H3/t11-/m1/s1. The van der Waals surface area contributed by atoms with E-state index in [1.165, 1.54) is 15.6 Å². The van der Waals surface area contributed by atoms with Gasteiger partial charge in [-0.3, -0.25) is 4.79 Å². The molecule has 1 atom stereocenters. The summed E-state index contributed by atoms with van der Waals surface area (Å²) in [6.45, 7) is 4.49. The number of nitrogens with zero attached hydrogens (tertiary/aromatic N) is 2. The molecule has 3 rings (SSSR count). The van der Waals surface area contributed by atoms with E-state index in [4.69, 9.17) is 4.74 Å². The van der Waals surface area contributed by atoms with E-state index in [2.05, 4.69) is 0 Å². The first-order valence-corrected chi connectivity index (χ1v) is 9.80. The fourth-order valence-corrected chi connectivity index (χ4v) is 5.75. The van der Waals surface area contributed by atoms with E-state index in [1.807, 2.05) is 6.92 Å². The van der Waals surface area contributed by atoms with E-state index < -0.39 is 10.0 Å². The maximum atomic E-state index is 12.8. The Hall–Kier alpha value is -0.960. The summed E-state index contributed by atoms with van der Waals surface area (Å²) in [6, 6.07) is 1.52. The number of hydrogen-bond donors (Lipinski definition) is 0. The van der Waals surface area contributed by atoms with Gasteiger partial charge in [-0.2, -0.15) is 4.31 Å².